The highest BCUT2D eigenvalue weighted by Gasteiger charge is 2.01. The second-order valence-corrected chi connectivity index (χ2v) is 4.37. The number of rotatable bonds is 1. The van der Waals surface area contributed by atoms with Crippen molar-refractivity contribution in [1.82, 2.24) is 4.98 Å². The van der Waals surface area contributed by atoms with Crippen LogP contribution in [0.3, 0.4) is 0 Å². The van der Waals surface area contributed by atoms with E-state index in [9.17, 15) is 0 Å². The van der Waals surface area contributed by atoms with E-state index >= 15 is 0 Å². The number of hydrogen-bond donors (Lipinski definition) is 0. The van der Waals surface area contributed by atoms with Crippen LogP contribution in [0.25, 0.3) is 11.3 Å². The maximum Gasteiger partial charge on any atom is 0.184 e. The van der Waals surface area contributed by atoms with Crippen LogP contribution < -0.4 is 0 Å². The molecule has 0 spiro atoms. The van der Waals surface area contributed by atoms with Gasteiger partial charge in [0.1, 0.15) is 0 Å². The molecule has 0 amide bonds. The molecule has 1 aromatic heterocycles. The molecular weight excluding hydrogens is 225 g/mol. The van der Waals surface area contributed by atoms with Gasteiger partial charge < -0.3 is 0 Å². The van der Waals surface area contributed by atoms with Gasteiger partial charge in [-0.3, -0.25) is 0 Å². The highest BCUT2D eigenvalue weighted by molar-refractivity contribution is 7.14. The summed E-state index contributed by atoms with van der Waals surface area (Å²) in [5.41, 5.74) is 1.93. The number of benzene rings is 1. The summed E-state index contributed by atoms with van der Waals surface area (Å²) in [5.74, 6) is 0. The average molecular weight is 230 g/mol. The first kappa shape index (κ1) is 9.00. The van der Waals surface area contributed by atoms with Crippen molar-refractivity contribution in [3.05, 3.63) is 39.1 Å². The number of aromatic nitrogens is 1. The average Bonchev–Trinajstić information content (AvgIpc) is 2.53. The summed E-state index contributed by atoms with van der Waals surface area (Å²) in [7, 11) is 0. The van der Waals surface area contributed by atoms with Gasteiger partial charge >= 0.3 is 0 Å². The van der Waals surface area contributed by atoms with Crippen LogP contribution in [0.1, 0.15) is 0 Å². The molecule has 0 aliphatic rings. The van der Waals surface area contributed by atoms with E-state index in [1.165, 1.54) is 11.3 Å². The first-order valence-corrected chi connectivity index (χ1v) is 5.26. The van der Waals surface area contributed by atoms with Gasteiger partial charge in [-0.25, -0.2) is 4.98 Å². The third-order valence-corrected chi connectivity index (χ3v) is 2.85. The van der Waals surface area contributed by atoms with Gasteiger partial charge in [-0.1, -0.05) is 35.3 Å². The minimum absolute atomic E-state index is 0.560. The fraction of sp³-hybridized carbons (Fsp3) is 0. The Morgan fingerprint density at radius 2 is 1.77 bits per heavy atom. The Kier molecular flexibility index (Phi) is 2.54. The third kappa shape index (κ3) is 2.02. The van der Waals surface area contributed by atoms with Crippen molar-refractivity contribution in [2.45, 2.75) is 0 Å². The van der Waals surface area contributed by atoms with Gasteiger partial charge in [-0.15, -0.1) is 11.3 Å². The highest BCUT2D eigenvalue weighted by Crippen LogP contribution is 2.25. The molecule has 66 valence electrons. The zero-order chi connectivity index (χ0) is 9.26. The van der Waals surface area contributed by atoms with Gasteiger partial charge in [-0.2, -0.15) is 0 Å². The molecule has 13 heavy (non-hydrogen) atoms. The second kappa shape index (κ2) is 3.66. The van der Waals surface area contributed by atoms with Crippen molar-refractivity contribution in [2.75, 3.05) is 0 Å². The van der Waals surface area contributed by atoms with E-state index < -0.39 is 0 Å². The molecule has 2 aromatic rings. The molecule has 0 aliphatic heterocycles. The van der Waals surface area contributed by atoms with E-state index in [1.54, 1.807) is 0 Å². The number of halogens is 2. The molecule has 0 radical (unpaired) electrons. The Morgan fingerprint density at radius 1 is 1.08 bits per heavy atom. The Balaban J connectivity index is 2.41. The van der Waals surface area contributed by atoms with Crippen molar-refractivity contribution in [2.24, 2.45) is 0 Å². The first-order chi connectivity index (χ1) is 6.25. The summed E-state index contributed by atoms with van der Waals surface area (Å²) in [5, 5.41) is 2.65. The van der Waals surface area contributed by atoms with Crippen molar-refractivity contribution in [3.8, 4) is 11.3 Å². The van der Waals surface area contributed by atoms with Gasteiger partial charge in [0.15, 0.2) is 4.47 Å². The van der Waals surface area contributed by atoms with E-state index in [-0.39, 0.29) is 0 Å². The van der Waals surface area contributed by atoms with Crippen LogP contribution in [0.5, 0.6) is 0 Å². The Bertz CT molecular complexity index is 408. The van der Waals surface area contributed by atoms with Gasteiger partial charge in [0.2, 0.25) is 0 Å². The predicted molar refractivity (Wildman–Crippen MR) is 57.6 cm³/mol. The molecule has 0 fully saturated rings. The Labute approximate surface area is 90.0 Å². The van der Waals surface area contributed by atoms with E-state index in [0.717, 1.165) is 16.3 Å². The fourth-order valence-electron chi connectivity index (χ4n) is 1.01. The smallest absolute Gasteiger partial charge is 0.184 e. The lowest BCUT2D eigenvalue weighted by atomic mass is 10.2. The summed E-state index contributed by atoms with van der Waals surface area (Å²) in [4.78, 5) is 4.15. The SMILES string of the molecule is Clc1ccc(-c2csc(Cl)n2)cc1. The molecule has 0 unspecified atom stereocenters. The van der Waals surface area contributed by atoms with Crippen LogP contribution >= 0.6 is 34.5 Å². The monoisotopic (exact) mass is 229 g/mol. The van der Waals surface area contributed by atoms with Crippen LogP contribution in [-0.4, -0.2) is 4.98 Å². The predicted octanol–water partition coefficient (Wildman–Crippen LogP) is 4.12. The van der Waals surface area contributed by atoms with Crippen LogP contribution in [-0.2, 0) is 0 Å². The third-order valence-electron chi connectivity index (χ3n) is 1.62. The maximum absolute atomic E-state index is 5.76. The van der Waals surface area contributed by atoms with Crippen LogP contribution in [0.4, 0.5) is 0 Å². The normalized spacial score (nSPS) is 10.3. The topological polar surface area (TPSA) is 12.9 Å². The van der Waals surface area contributed by atoms with Crippen LogP contribution in [0.15, 0.2) is 29.6 Å². The van der Waals surface area contributed by atoms with Crippen molar-refractivity contribution in [1.29, 1.82) is 0 Å². The van der Waals surface area contributed by atoms with Gasteiger partial charge in [0, 0.05) is 16.0 Å². The van der Waals surface area contributed by atoms with Gasteiger partial charge in [-0.05, 0) is 12.1 Å². The zero-order valence-corrected chi connectivity index (χ0v) is 8.83. The van der Waals surface area contributed by atoms with Gasteiger partial charge in [0.25, 0.3) is 0 Å². The summed E-state index contributed by atoms with van der Waals surface area (Å²) in [6, 6.07) is 7.52. The van der Waals surface area contributed by atoms with Crippen LogP contribution in [0.2, 0.25) is 9.49 Å². The molecule has 0 atom stereocenters. The highest BCUT2D eigenvalue weighted by atomic mass is 35.5. The zero-order valence-electron chi connectivity index (χ0n) is 6.50. The minimum Gasteiger partial charge on any atom is -0.225 e. The van der Waals surface area contributed by atoms with Crippen molar-refractivity contribution >= 4 is 34.5 Å². The molecular formula is C9H5Cl2NS. The number of thiazole rings is 1. The standard InChI is InChI=1S/C9H5Cl2NS/c10-7-3-1-6(2-4-7)8-5-13-9(11)12-8/h1-5H. The lowest BCUT2D eigenvalue weighted by molar-refractivity contribution is 1.41. The van der Waals surface area contributed by atoms with E-state index in [0.29, 0.717) is 4.47 Å². The van der Waals surface area contributed by atoms with Gasteiger partial charge in [0.05, 0.1) is 5.69 Å². The van der Waals surface area contributed by atoms with E-state index in [1.807, 2.05) is 29.6 Å². The van der Waals surface area contributed by atoms with Crippen molar-refractivity contribution < 1.29 is 0 Å². The molecule has 0 bridgehead atoms. The molecule has 1 heterocycles. The molecule has 2 rings (SSSR count). The second-order valence-electron chi connectivity index (χ2n) is 2.49. The lowest BCUT2D eigenvalue weighted by Gasteiger charge is -1.95. The summed E-state index contributed by atoms with van der Waals surface area (Å²) in [6.07, 6.45) is 0. The summed E-state index contributed by atoms with van der Waals surface area (Å²) in [6.45, 7) is 0. The number of hydrogen-bond acceptors (Lipinski definition) is 2. The molecule has 0 N–H and O–H groups in total. The largest absolute Gasteiger partial charge is 0.225 e. The molecule has 4 heteroatoms. The maximum atomic E-state index is 5.76. The summed E-state index contributed by atoms with van der Waals surface area (Å²) >= 11 is 12.9. The summed E-state index contributed by atoms with van der Waals surface area (Å²) < 4.78 is 0.560. The number of nitrogens with zero attached hydrogens (tertiary/aromatic N) is 1. The Hall–Kier alpha value is -0.570. The lowest BCUT2D eigenvalue weighted by Crippen LogP contribution is -1.75. The quantitative estimate of drug-likeness (QED) is 0.718. The Morgan fingerprint density at radius 3 is 2.31 bits per heavy atom. The van der Waals surface area contributed by atoms with Crippen molar-refractivity contribution in [3.63, 3.8) is 0 Å². The molecule has 1 aromatic carbocycles. The van der Waals surface area contributed by atoms with E-state index in [2.05, 4.69) is 4.98 Å². The van der Waals surface area contributed by atoms with Crippen LogP contribution in [0, 0.1) is 0 Å². The molecule has 1 nitrogen and oxygen atoms in total. The molecule has 0 aliphatic carbocycles. The van der Waals surface area contributed by atoms with E-state index in [4.69, 9.17) is 23.2 Å². The fourth-order valence-corrected chi connectivity index (χ4v) is 1.90. The molecule has 0 saturated carbocycles. The first-order valence-electron chi connectivity index (χ1n) is 3.63. The molecule has 0 saturated heterocycles. The minimum atomic E-state index is 0.560.